The molecule has 8 N–H and O–H groups in total. The van der Waals surface area contributed by atoms with Gasteiger partial charge < -0.3 is 42.3 Å². The van der Waals surface area contributed by atoms with Crippen LogP contribution < -0.4 is 29.6 Å². The molecule has 0 aromatic heterocycles. The summed E-state index contributed by atoms with van der Waals surface area (Å²) in [6.07, 6.45) is -5.72. The van der Waals surface area contributed by atoms with Gasteiger partial charge >= 0.3 is 65.4 Å². The van der Waals surface area contributed by atoms with Crippen molar-refractivity contribution < 1.29 is 101 Å². The predicted molar refractivity (Wildman–Crippen MR) is 77.4 cm³/mol. The first-order valence-electron chi connectivity index (χ1n) is 6.41. The minimum Gasteiger partial charge on any atom is -1.00 e. The molecule has 0 saturated heterocycles. The summed E-state index contributed by atoms with van der Waals surface area (Å²) in [5.74, 6) is -7.84. The zero-order valence-electron chi connectivity index (χ0n) is 15.0. The molecule has 2 atom stereocenters. The molecule has 0 aliphatic heterocycles. The van der Waals surface area contributed by atoms with E-state index in [1.54, 1.807) is 0 Å². The van der Waals surface area contributed by atoms with Crippen molar-refractivity contribution >= 4 is 35.8 Å². The summed E-state index contributed by atoms with van der Waals surface area (Å²) in [4.78, 5) is 58.1. The Morgan fingerprint density at radius 2 is 0.667 bits per heavy atom. The van der Waals surface area contributed by atoms with Gasteiger partial charge in [0, 0.05) is 0 Å². The molecule has 0 aliphatic carbocycles. The topological polar surface area (TPSA) is 264 Å². The van der Waals surface area contributed by atoms with Gasteiger partial charge in [-0.05, 0) is 0 Å². The van der Waals surface area contributed by atoms with Crippen molar-refractivity contribution in [1.29, 1.82) is 0 Å². The van der Waals surface area contributed by atoms with Crippen LogP contribution in [0.1, 0.15) is 27.1 Å². The van der Waals surface area contributed by atoms with E-state index in [1.807, 2.05) is 0 Å². The summed E-state index contributed by atoms with van der Waals surface area (Å²) in [5, 5.41) is 64.1. The number of rotatable bonds is 9. The maximum atomic E-state index is 9.77. The van der Waals surface area contributed by atoms with Crippen LogP contribution in [0.15, 0.2) is 0 Å². The Balaban J connectivity index is -0.0000000920. The number of carbonyl (C=O) groups is 6. The Morgan fingerprint density at radius 1 is 0.519 bits per heavy atom. The average molecular weight is 410 g/mol. The number of aliphatic hydroxyl groups excluding tert-OH is 2. The molecule has 14 nitrogen and oxygen atoms in total. The van der Waals surface area contributed by atoms with Crippen LogP contribution in [0.3, 0.4) is 0 Å². The van der Waals surface area contributed by atoms with Crippen molar-refractivity contribution in [3.8, 4) is 0 Å². The molecule has 0 heterocycles. The van der Waals surface area contributed by atoms with E-state index in [2.05, 4.69) is 0 Å². The normalized spacial score (nSPS) is 10.9. The van der Waals surface area contributed by atoms with Gasteiger partial charge in [0.25, 0.3) is 0 Å². The van der Waals surface area contributed by atoms with E-state index < -0.39 is 48.0 Å². The summed E-state index contributed by atoms with van der Waals surface area (Å²) in [6, 6.07) is 0. The van der Waals surface area contributed by atoms with Gasteiger partial charge in [-0.15, -0.1) is 0 Å². The monoisotopic (exact) mass is 410 g/mol. The fraction of sp³-hybridized carbons (Fsp3) is 0.500. The smallest absolute Gasteiger partial charge is 1.00 e. The second kappa shape index (κ2) is 18.5. The van der Waals surface area contributed by atoms with Gasteiger partial charge in [0.1, 0.15) is 0 Å². The van der Waals surface area contributed by atoms with Gasteiger partial charge in [0.15, 0.2) is 12.2 Å². The third-order valence-corrected chi connectivity index (χ3v) is 1.91. The molecule has 0 aromatic rings. The first-order valence-corrected chi connectivity index (χ1v) is 6.41. The zero-order chi connectivity index (χ0) is 21.4. The first kappa shape index (κ1) is 32.4. The minimum absolute atomic E-state index is 0. The molecule has 0 saturated carbocycles. The van der Waals surface area contributed by atoms with Crippen molar-refractivity contribution in [2.75, 3.05) is 0 Å². The standard InChI is InChI=1S/C4H6O6.2C4H6O4.Na.H/c5-1(3(7)8)2(6)4(9)10;2*5-3(6)1-2-4(7)8;;/h1-2,5-6H,(H,7,8)(H,9,10);2*1-2H2,(H,5,6)(H,7,8);;/q;;;+1;-1. The van der Waals surface area contributed by atoms with Gasteiger partial charge in [-0.25, -0.2) is 9.59 Å². The average Bonchev–Trinajstić information content (AvgIpc) is 2.50. The van der Waals surface area contributed by atoms with Crippen molar-refractivity contribution in [2.24, 2.45) is 0 Å². The maximum absolute atomic E-state index is 9.77. The molecule has 0 aliphatic rings. The largest absolute Gasteiger partial charge is 1.00 e. The van der Waals surface area contributed by atoms with Crippen molar-refractivity contribution in [1.82, 2.24) is 0 Å². The van der Waals surface area contributed by atoms with Gasteiger partial charge in [0.2, 0.25) is 0 Å². The Labute approximate surface area is 174 Å². The van der Waals surface area contributed by atoms with E-state index in [0.717, 1.165) is 0 Å². The van der Waals surface area contributed by atoms with E-state index in [4.69, 9.17) is 40.9 Å². The molecule has 0 aromatic carbocycles. The summed E-state index contributed by atoms with van der Waals surface area (Å²) in [5.41, 5.74) is 0. The van der Waals surface area contributed by atoms with E-state index in [0.29, 0.717) is 0 Å². The summed E-state index contributed by atoms with van der Waals surface area (Å²) in [7, 11) is 0. The number of carboxylic acids is 6. The van der Waals surface area contributed by atoms with Crippen molar-refractivity contribution in [2.45, 2.75) is 37.9 Å². The van der Waals surface area contributed by atoms with Crippen LogP contribution >= 0.6 is 0 Å². The number of aliphatic hydroxyl groups is 2. The Hall–Kier alpha value is -2.26. The molecule has 0 rings (SSSR count). The Kier molecular flexibility index (Phi) is 22.2. The molecule has 0 amide bonds. The second-order valence-corrected chi connectivity index (χ2v) is 4.14. The summed E-state index contributed by atoms with van der Waals surface area (Å²) in [6.45, 7) is 0. The van der Waals surface area contributed by atoms with Crippen LogP contribution in [0, 0.1) is 0 Å². The van der Waals surface area contributed by atoms with Crippen LogP contribution in [0.4, 0.5) is 0 Å². The number of hydrogen-bond donors (Lipinski definition) is 8. The van der Waals surface area contributed by atoms with E-state index in [9.17, 15) is 28.8 Å². The molecule has 0 radical (unpaired) electrons. The third-order valence-electron chi connectivity index (χ3n) is 1.91. The van der Waals surface area contributed by atoms with E-state index in [-0.39, 0.29) is 56.7 Å². The number of carboxylic acid groups (broad SMARTS) is 6. The maximum Gasteiger partial charge on any atom is 1.00 e. The minimum atomic E-state index is -2.27. The molecular formula is C12H19NaO14. The molecule has 15 heteroatoms. The fourth-order valence-electron chi connectivity index (χ4n) is 0.698. The third kappa shape index (κ3) is 28.8. The zero-order valence-corrected chi connectivity index (χ0v) is 16.0. The van der Waals surface area contributed by atoms with Crippen LogP contribution in [-0.2, 0) is 28.8 Å². The quantitative estimate of drug-likeness (QED) is 0.165. The molecular weight excluding hydrogens is 391 g/mol. The van der Waals surface area contributed by atoms with Gasteiger partial charge in [0.05, 0.1) is 25.7 Å². The van der Waals surface area contributed by atoms with Crippen LogP contribution in [0.25, 0.3) is 0 Å². The first-order chi connectivity index (χ1) is 11.7. The Bertz CT molecular complexity index is 448. The van der Waals surface area contributed by atoms with Gasteiger partial charge in [-0.1, -0.05) is 0 Å². The summed E-state index contributed by atoms with van der Waals surface area (Å²) < 4.78 is 0. The molecule has 0 fully saturated rings. The molecule has 0 spiro atoms. The second-order valence-electron chi connectivity index (χ2n) is 4.14. The predicted octanol–water partition coefficient (Wildman–Crippen LogP) is -5.13. The fourth-order valence-corrected chi connectivity index (χ4v) is 0.698. The van der Waals surface area contributed by atoms with Crippen LogP contribution in [-0.4, -0.2) is 88.9 Å². The SMILES string of the molecule is O=C(O)C(O)C(O)C(=O)O.O=C(O)CCC(=O)O.O=C(O)CCC(=O)O.[H-].[Na+]. The molecule has 2 unspecified atom stereocenters. The molecule has 27 heavy (non-hydrogen) atoms. The van der Waals surface area contributed by atoms with Crippen molar-refractivity contribution in [3.05, 3.63) is 0 Å². The van der Waals surface area contributed by atoms with Gasteiger partial charge in [-0.2, -0.15) is 0 Å². The van der Waals surface area contributed by atoms with E-state index in [1.165, 1.54) is 0 Å². The Morgan fingerprint density at radius 3 is 0.741 bits per heavy atom. The van der Waals surface area contributed by atoms with Crippen LogP contribution in [0.2, 0.25) is 0 Å². The summed E-state index contributed by atoms with van der Waals surface area (Å²) >= 11 is 0. The van der Waals surface area contributed by atoms with Gasteiger partial charge in [-0.3, -0.25) is 19.2 Å². The molecule has 0 bridgehead atoms. The molecule has 152 valence electrons. The van der Waals surface area contributed by atoms with Crippen LogP contribution in [0.5, 0.6) is 0 Å². The number of hydrogen-bond acceptors (Lipinski definition) is 8. The van der Waals surface area contributed by atoms with E-state index >= 15 is 0 Å². The van der Waals surface area contributed by atoms with Crippen molar-refractivity contribution in [3.63, 3.8) is 0 Å². The number of aliphatic carboxylic acids is 6.